The van der Waals surface area contributed by atoms with Crippen LogP contribution in [-0.2, 0) is 0 Å². The third-order valence-corrected chi connectivity index (χ3v) is 3.78. The van der Waals surface area contributed by atoms with Crippen LogP contribution in [0, 0.1) is 5.41 Å². The number of nitrogens with one attached hydrogen (secondary N) is 1. The Kier molecular flexibility index (Phi) is 5.02. The van der Waals surface area contributed by atoms with Crippen molar-refractivity contribution in [3.8, 4) is 0 Å². The number of aliphatic hydroxyl groups is 1. The van der Waals surface area contributed by atoms with Gasteiger partial charge in [-0.05, 0) is 38.5 Å². The van der Waals surface area contributed by atoms with Crippen LogP contribution in [-0.4, -0.2) is 41.8 Å². The number of likely N-dealkylation sites (N-methyl/N-ethyl adjacent to an activating group) is 1. The minimum absolute atomic E-state index is 0.0838. The van der Waals surface area contributed by atoms with Crippen molar-refractivity contribution in [1.82, 2.24) is 10.2 Å². The van der Waals surface area contributed by atoms with Crippen LogP contribution in [0.4, 0.5) is 4.79 Å². The first-order valence-electron chi connectivity index (χ1n) is 6.99. The topological polar surface area (TPSA) is 52.6 Å². The number of hydrogen-bond donors (Lipinski definition) is 2. The summed E-state index contributed by atoms with van der Waals surface area (Å²) in [5, 5.41) is 12.7. The third kappa shape index (κ3) is 4.48. The van der Waals surface area contributed by atoms with Gasteiger partial charge in [0, 0.05) is 13.6 Å². The lowest BCUT2D eigenvalue weighted by Gasteiger charge is -2.42. The second kappa shape index (κ2) is 5.91. The Balaban J connectivity index is 2.36. The molecule has 4 nitrogen and oxygen atoms in total. The maximum Gasteiger partial charge on any atom is 0.317 e. The average molecular weight is 256 g/mol. The molecule has 0 aliphatic heterocycles. The molecular formula is C14H28N2O2. The molecule has 1 aliphatic carbocycles. The lowest BCUT2D eigenvalue weighted by molar-refractivity contribution is 0.0514. The molecule has 0 radical (unpaired) electrons. The van der Waals surface area contributed by atoms with Gasteiger partial charge in [-0.15, -0.1) is 0 Å². The maximum atomic E-state index is 11.9. The number of nitrogens with zero attached hydrogens (tertiary/aromatic N) is 1. The monoisotopic (exact) mass is 256 g/mol. The van der Waals surface area contributed by atoms with Gasteiger partial charge in [0.1, 0.15) is 0 Å². The number of rotatable bonds is 6. The predicted molar refractivity (Wildman–Crippen MR) is 73.5 cm³/mol. The quantitative estimate of drug-likeness (QED) is 0.766. The van der Waals surface area contributed by atoms with E-state index in [-0.39, 0.29) is 6.03 Å². The molecule has 0 aromatic heterocycles. The van der Waals surface area contributed by atoms with Crippen LogP contribution in [0.15, 0.2) is 0 Å². The lowest BCUT2D eigenvalue weighted by Crippen LogP contribution is -2.49. The summed E-state index contributed by atoms with van der Waals surface area (Å²) in [7, 11) is 1.72. The molecule has 0 heterocycles. The fourth-order valence-corrected chi connectivity index (χ4v) is 2.77. The first-order valence-corrected chi connectivity index (χ1v) is 6.99. The van der Waals surface area contributed by atoms with E-state index in [0.717, 1.165) is 6.54 Å². The van der Waals surface area contributed by atoms with Gasteiger partial charge in [0.15, 0.2) is 0 Å². The Morgan fingerprint density at radius 3 is 2.44 bits per heavy atom. The molecule has 0 aromatic carbocycles. The minimum Gasteiger partial charge on any atom is -0.389 e. The molecule has 2 N–H and O–H groups in total. The first-order chi connectivity index (χ1) is 8.28. The molecule has 0 spiro atoms. The summed E-state index contributed by atoms with van der Waals surface area (Å²) >= 11 is 0. The third-order valence-electron chi connectivity index (χ3n) is 3.78. The number of amides is 2. The normalized spacial score (nSPS) is 18.1. The Labute approximate surface area is 111 Å². The van der Waals surface area contributed by atoms with Gasteiger partial charge in [-0.1, -0.05) is 19.8 Å². The average Bonchev–Trinajstić information content (AvgIpc) is 2.18. The molecule has 1 aliphatic rings. The summed E-state index contributed by atoms with van der Waals surface area (Å²) in [5.74, 6) is 0. The zero-order chi connectivity index (χ0) is 13.8. The summed E-state index contributed by atoms with van der Waals surface area (Å²) in [6, 6.07) is -0.0838. The van der Waals surface area contributed by atoms with E-state index in [1.54, 1.807) is 25.8 Å². The molecule has 4 heteroatoms. The number of carbonyl (C=O) groups is 1. The number of carbonyl (C=O) groups excluding carboxylic acids is 1. The van der Waals surface area contributed by atoms with Crippen molar-refractivity contribution >= 4 is 6.03 Å². The van der Waals surface area contributed by atoms with Crippen molar-refractivity contribution in [3.05, 3.63) is 0 Å². The van der Waals surface area contributed by atoms with Crippen LogP contribution in [0.3, 0.4) is 0 Å². The molecule has 1 saturated carbocycles. The first kappa shape index (κ1) is 15.3. The van der Waals surface area contributed by atoms with Crippen LogP contribution in [0.25, 0.3) is 0 Å². The van der Waals surface area contributed by atoms with Gasteiger partial charge in [0.25, 0.3) is 0 Å². The van der Waals surface area contributed by atoms with Crippen molar-refractivity contribution in [3.63, 3.8) is 0 Å². The van der Waals surface area contributed by atoms with Gasteiger partial charge >= 0.3 is 6.03 Å². The number of hydrogen-bond acceptors (Lipinski definition) is 2. The van der Waals surface area contributed by atoms with Crippen LogP contribution >= 0.6 is 0 Å². The summed E-state index contributed by atoms with van der Waals surface area (Å²) in [4.78, 5) is 13.5. The SMILES string of the molecule is CCCC1(CNC(=O)N(C)CC(C)(C)O)CCC1. The molecule has 2 amide bonds. The highest BCUT2D eigenvalue weighted by atomic mass is 16.3. The van der Waals surface area contributed by atoms with Crippen LogP contribution in [0.2, 0.25) is 0 Å². The van der Waals surface area contributed by atoms with Gasteiger partial charge < -0.3 is 15.3 Å². The van der Waals surface area contributed by atoms with Gasteiger partial charge in [-0.2, -0.15) is 0 Å². The molecule has 18 heavy (non-hydrogen) atoms. The van der Waals surface area contributed by atoms with Crippen molar-refractivity contribution in [1.29, 1.82) is 0 Å². The molecule has 0 saturated heterocycles. The van der Waals surface area contributed by atoms with Gasteiger partial charge in [-0.25, -0.2) is 4.79 Å². The standard InChI is InChI=1S/C14H28N2O2/c1-5-7-14(8-6-9-14)10-15-12(17)16(4)11-13(2,3)18/h18H,5-11H2,1-4H3,(H,15,17). The van der Waals surface area contributed by atoms with Gasteiger partial charge in [0.2, 0.25) is 0 Å². The summed E-state index contributed by atoms with van der Waals surface area (Å²) in [6.07, 6.45) is 6.12. The summed E-state index contributed by atoms with van der Waals surface area (Å²) in [5.41, 5.74) is -0.496. The van der Waals surface area contributed by atoms with E-state index in [1.807, 2.05) is 0 Å². The fourth-order valence-electron chi connectivity index (χ4n) is 2.77. The molecule has 1 rings (SSSR count). The van der Waals surface area contributed by atoms with Crippen LogP contribution < -0.4 is 5.32 Å². The molecule has 0 aromatic rings. The van der Waals surface area contributed by atoms with Gasteiger partial charge in [0.05, 0.1) is 12.1 Å². The molecule has 106 valence electrons. The highest BCUT2D eigenvalue weighted by Crippen LogP contribution is 2.44. The molecule has 0 bridgehead atoms. The van der Waals surface area contributed by atoms with E-state index in [0.29, 0.717) is 12.0 Å². The molecule has 0 unspecified atom stereocenters. The Morgan fingerprint density at radius 1 is 1.44 bits per heavy atom. The van der Waals surface area contributed by atoms with Gasteiger partial charge in [-0.3, -0.25) is 0 Å². The van der Waals surface area contributed by atoms with E-state index in [4.69, 9.17) is 0 Å². The Bertz CT molecular complexity index is 280. The van der Waals surface area contributed by atoms with E-state index in [1.165, 1.54) is 32.1 Å². The summed E-state index contributed by atoms with van der Waals surface area (Å²) in [6.45, 7) is 6.74. The van der Waals surface area contributed by atoms with E-state index < -0.39 is 5.60 Å². The van der Waals surface area contributed by atoms with E-state index >= 15 is 0 Å². The van der Waals surface area contributed by atoms with Crippen LogP contribution in [0.1, 0.15) is 52.9 Å². The molecule has 0 atom stereocenters. The van der Waals surface area contributed by atoms with Crippen molar-refractivity contribution < 1.29 is 9.90 Å². The predicted octanol–water partition coefficient (Wildman–Crippen LogP) is 2.37. The van der Waals surface area contributed by atoms with Crippen molar-refractivity contribution in [2.75, 3.05) is 20.1 Å². The largest absolute Gasteiger partial charge is 0.389 e. The highest BCUT2D eigenvalue weighted by Gasteiger charge is 2.36. The maximum absolute atomic E-state index is 11.9. The zero-order valence-electron chi connectivity index (χ0n) is 12.3. The lowest BCUT2D eigenvalue weighted by atomic mass is 9.66. The summed E-state index contributed by atoms with van der Waals surface area (Å²) < 4.78 is 0. The highest BCUT2D eigenvalue weighted by molar-refractivity contribution is 5.74. The van der Waals surface area contributed by atoms with Crippen molar-refractivity contribution in [2.45, 2.75) is 58.5 Å². The van der Waals surface area contributed by atoms with E-state index in [9.17, 15) is 9.90 Å². The number of urea groups is 1. The van der Waals surface area contributed by atoms with Crippen molar-refractivity contribution in [2.24, 2.45) is 5.41 Å². The Hall–Kier alpha value is -0.770. The molecule has 1 fully saturated rings. The molecular weight excluding hydrogens is 228 g/mol. The van der Waals surface area contributed by atoms with E-state index in [2.05, 4.69) is 12.2 Å². The smallest absolute Gasteiger partial charge is 0.317 e. The Morgan fingerprint density at radius 2 is 2.06 bits per heavy atom. The van der Waals surface area contributed by atoms with Crippen LogP contribution in [0.5, 0.6) is 0 Å². The second-order valence-electron chi connectivity index (χ2n) is 6.43. The minimum atomic E-state index is -0.844. The fraction of sp³-hybridized carbons (Fsp3) is 0.929. The zero-order valence-corrected chi connectivity index (χ0v) is 12.3. The second-order valence-corrected chi connectivity index (χ2v) is 6.43.